The molecule has 0 spiro atoms. The summed E-state index contributed by atoms with van der Waals surface area (Å²) >= 11 is 0. The minimum absolute atomic E-state index is 0.0952. The number of aromatic hydroxyl groups is 2. The van der Waals surface area contributed by atoms with Crippen molar-refractivity contribution < 1.29 is 10.2 Å². The van der Waals surface area contributed by atoms with E-state index in [1.807, 2.05) is 13.1 Å². The highest BCUT2D eigenvalue weighted by molar-refractivity contribution is 5.74. The minimum atomic E-state index is 0.0952. The summed E-state index contributed by atoms with van der Waals surface area (Å²) in [6, 6.07) is 5.26. The van der Waals surface area contributed by atoms with E-state index in [9.17, 15) is 10.2 Å². The number of phenolic OH excluding ortho intramolecular Hbond substituents is 2. The van der Waals surface area contributed by atoms with E-state index in [4.69, 9.17) is 0 Å². The van der Waals surface area contributed by atoms with Gasteiger partial charge in [-0.15, -0.1) is 0 Å². The van der Waals surface area contributed by atoms with Crippen LogP contribution in [0.2, 0.25) is 0 Å². The third-order valence-electron chi connectivity index (χ3n) is 3.45. The van der Waals surface area contributed by atoms with Crippen molar-refractivity contribution in [3.05, 3.63) is 30.0 Å². The molecule has 0 aliphatic carbocycles. The zero-order chi connectivity index (χ0) is 14.5. The van der Waals surface area contributed by atoms with E-state index in [0.29, 0.717) is 11.3 Å². The molecule has 2 aromatic rings. The van der Waals surface area contributed by atoms with Gasteiger partial charge in [-0.05, 0) is 43.5 Å². The lowest BCUT2D eigenvalue weighted by Gasteiger charge is -2.08. The largest absolute Gasteiger partial charge is 0.507 e. The highest BCUT2D eigenvalue weighted by atomic mass is 16.3. The summed E-state index contributed by atoms with van der Waals surface area (Å²) in [6.45, 7) is 4.91. The summed E-state index contributed by atoms with van der Waals surface area (Å²) in [5, 5.41) is 24.6. The van der Waals surface area contributed by atoms with Crippen LogP contribution in [0.4, 0.5) is 0 Å². The number of phenols is 2. The molecule has 0 amide bonds. The Morgan fingerprint density at radius 2 is 1.80 bits per heavy atom. The Hall–Kier alpha value is -1.97. The number of benzene rings is 1. The molecule has 0 saturated carbocycles. The fourth-order valence-electron chi connectivity index (χ4n) is 2.33. The molecule has 0 aliphatic rings. The lowest BCUT2D eigenvalue weighted by Crippen LogP contribution is -1.94. The van der Waals surface area contributed by atoms with Gasteiger partial charge in [-0.3, -0.25) is 4.68 Å². The van der Waals surface area contributed by atoms with Crippen LogP contribution in [0.1, 0.15) is 38.7 Å². The fraction of sp³-hybridized carbons (Fsp3) is 0.438. The first kappa shape index (κ1) is 14.4. The molecule has 2 N–H and O–H groups in total. The van der Waals surface area contributed by atoms with E-state index in [0.717, 1.165) is 37.8 Å². The molecule has 4 nitrogen and oxygen atoms in total. The van der Waals surface area contributed by atoms with Crippen molar-refractivity contribution in [2.24, 2.45) is 0 Å². The Bertz CT molecular complexity index is 553. The van der Waals surface area contributed by atoms with Gasteiger partial charge in [0, 0.05) is 12.7 Å². The average molecular weight is 274 g/mol. The number of unbranched alkanes of at least 4 members (excludes halogenated alkanes) is 2. The molecule has 108 valence electrons. The van der Waals surface area contributed by atoms with Crippen LogP contribution in [-0.4, -0.2) is 20.0 Å². The second-order valence-electron chi connectivity index (χ2n) is 5.02. The molecule has 20 heavy (non-hydrogen) atoms. The first-order valence-electron chi connectivity index (χ1n) is 7.24. The normalized spacial score (nSPS) is 10.9. The molecule has 0 unspecified atom stereocenters. The van der Waals surface area contributed by atoms with Crippen LogP contribution in [0.5, 0.6) is 11.5 Å². The predicted octanol–water partition coefficient (Wildman–Crippen LogP) is 3.71. The summed E-state index contributed by atoms with van der Waals surface area (Å²) in [5.74, 6) is 0.190. The Balaban J connectivity index is 2.26. The zero-order valence-corrected chi connectivity index (χ0v) is 12.1. The fourth-order valence-corrected chi connectivity index (χ4v) is 2.33. The van der Waals surface area contributed by atoms with Gasteiger partial charge in [0.15, 0.2) is 0 Å². The van der Waals surface area contributed by atoms with Crippen LogP contribution in [0, 0.1) is 0 Å². The smallest absolute Gasteiger partial charge is 0.129 e. The van der Waals surface area contributed by atoms with Gasteiger partial charge in [0.25, 0.3) is 0 Å². The highest BCUT2D eigenvalue weighted by Gasteiger charge is 2.14. The van der Waals surface area contributed by atoms with Gasteiger partial charge in [-0.2, -0.15) is 5.10 Å². The maximum absolute atomic E-state index is 10.2. The molecule has 1 aromatic heterocycles. The molecule has 4 heteroatoms. The maximum atomic E-state index is 10.2. The first-order valence-corrected chi connectivity index (χ1v) is 7.24. The van der Waals surface area contributed by atoms with E-state index in [-0.39, 0.29) is 11.5 Å². The molecular weight excluding hydrogens is 252 g/mol. The Labute approximate surface area is 119 Å². The lowest BCUT2D eigenvalue weighted by atomic mass is 10.0. The van der Waals surface area contributed by atoms with Crippen LogP contribution < -0.4 is 0 Å². The van der Waals surface area contributed by atoms with E-state index >= 15 is 0 Å². The molecule has 0 saturated heterocycles. The number of rotatable bonds is 6. The van der Waals surface area contributed by atoms with Crippen LogP contribution >= 0.6 is 0 Å². The van der Waals surface area contributed by atoms with Gasteiger partial charge in [0.05, 0.1) is 11.3 Å². The second-order valence-corrected chi connectivity index (χ2v) is 5.02. The average Bonchev–Trinajstić information content (AvgIpc) is 2.87. The van der Waals surface area contributed by atoms with Crippen LogP contribution in [0.15, 0.2) is 24.4 Å². The molecule has 2 rings (SSSR count). The molecule has 0 aliphatic heterocycles. The van der Waals surface area contributed by atoms with E-state index < -0.39 is 0 Å². The number of aryl methyl sites for hydroxylation is 2. The zero-order valence-electron chi connectivity index (χ0n) is 12.1. The Morgan fingerprint density at radius 1 is 1.10 bits per heavy atom. The molecule has 0 atom stereocenters. The number of aromatic nitrogens is 2. The Kier molecular flexibility index (Phi) is 4.66. The minimum Gasteiger partial charge on any atom is -0.507 e. The quantitative estimate of drug-likeness (QED) is 0.789. The lowest BCUT2D eigenvalue weighted by molar-refractivity contribution is 0.452. The number of nitrogens with zero attached hydrogens (tertiary/aromatic N) is 2. The van der Waals surface area contributed by atoms with Crippen molar-refractivity contribution in [1.82, 2.24) is 9.78 Å². The molecular formula is C16H22N2O2. The summed E-state index contributed by atoms with van der Waals surface area (Å²) in [7, 11) is 0. The van der Waals surface area contributed by atoms with Crippen LogP contribution in [0.3, 0.4) is 0 Å². The summed E-state index contributed by atoms with van der Waals surface area (Å²) in [5.41, 5.74) is 1.98. The van der Waals surface area contributed by atoms with Gasteiger partial charge in [-0.1, -0.05) is 19.8 Å². The second kappa shape index (κ2) is 6.46. The van der Waals surface area contributed by atoms with Crippen molar-refractivity contribution in [3.8, 4) is 22.8 Å². The van der Waals surface area contributed by atoms with Gasteiger partial charge in [0.2, 0.25) is 0 Å². The topological polar surface area (TPSA) is 58.3 Å². The summed E-state index contributed by atoms with van der Waals surface area (Å²) in [4.78, 5) is 0. The van der Waals surface area contributed by atoms with Gasteiger partial charge < -0.3 is 10.2 Å². The van der Waals surface area contributed by atoms with Crippen molar-refractivity contribution in [2.75, 3.05) is 0 Å². The SMILES string of the molecule is CCCCCc1cc(O)c(-c2ccn(CC)n2)c(O)c1. The maximum Gasteiger partial charge on any atom is 0.129 e. The monoisotopic (exact) mass is 274 g/mol. The standard InChI is InChI=1S/C16H22N2O2/c1-3-5-6-7-12-10-14(19)16(15(20)11-12)13-8-9-18(4-2)17-13/h8-11,19-20H,3-7H2,1-2H3. The Morgan fingerprint density at radius 3 is 2.35 bits per heavy atom. The number of hydrogen-bond acceptors (Lipinski definition) is 3. The predicted molar refractivity (Wildman–Crippen MR) is 79.9 cm³/mol. The van der Waals surface area contributed by atoms with E-state index in [2.05, 4.69) is 12.0 Å². The van der Waals surface area contributed by atoms with Crippen molar-refractivity contribution >= 4 is 0 Å². The van der Waals surface area contributed by atoms with E-state index in [1.54, 1.807) is 22.9 Å². The van der Waals surface area contributed by atoms with Gasteiger partial charge in [-0.25, -0.2) is 0 Å². The first-order chi connectivity index (χ1) is 9.65. The molecule has 0 bridgehead atoms. The summed E-state index contributed by atoms with van der Waals surface area (Å²) in [6.07, 6.45) is 6.09. The molecule has 1 aromatic carbocycles. The van der Waals surface area contributed by atoms with Crippen molar-refractivity contribution in [1.29, 1.82) is 0 Å². The van der Waals surface area contributed by atoms with Gasteiger partial charge in [0.1, 0.15) is 11.5 Å². The van der Waals surface area contributed by atoms with Crippen molar-refractivity contribution in [2.45, 2.75) is 46.1 Å². The molecule has 0 fully saturated rings. The van der Waals surface area contributed by atoms with Gasteiger partial charge >= 0.3 is 0 Å². The molecule has 0 radical (unpaired) electrons. The van der Waals surface area contributed by atoms with Crippen molar-refractivity contribution in [3.63, 3.8) is 0 Å². The van der Waals surface area contributed by atoms with Crippen LogP contribution in [-0.2, 0) is 13.0 Å². The number of hydrogen-bond donors (Lipinski definition) is 2. The third-order valence-corrected chi connectivity index (χ3v) is 3.45. The highest BCUT2D eigenvalue weighted by Crippen LogP contribution is 2.37. The third kappa shape index (κ3) is 3.13. The van der Waals surface area contributed by atoms with Crippen LogP contribution in [0.25, 0.3) is 11.3 Å². The summed E-state index contributed by atoms with van der Waals surface area (Å²) < 4.78 is 1.77. The molecule has 1 heterocycles. The van der Waals surface area contributed by atoms with E-state index in [1.165, 1.54) is 0 Å².